The summed E-state index contributed by atoms with van der Waals surface area (Å²) < 4.78 is 43.3. The maximum Gasteiger partial charge on any atom is 0.433 e. The molecule has 5 aromatic rings. The molecule has 11 heteroatoms. The van der Waals surface area contributed by atoms with Gasteiger partial charge in [-0.1, -0.05) is 0 Å². The van der Waals surface area contributed by atoms with Gasteiger partial charge in [-0.3, -0.25) is 4.68 Å². The molecule has 5 rings (SSSR count). The molecule has 142 valence electrons. The molecule has 0 saturated carbocycles. The van der Waals surface area contributed by atoms with E-state index in [1.54, 1.807) is 17.8 Å². The van der Waals surface area contributed by atoms with Crippen molar-refractivity contribution in [1.29, 1.82) is 0 Å². The molecule has 0 atom stereocenters. The minimum atomic E-state index is -4.50. The summed E-state index contributed by atoms with van der Waals surface area (Å²) in [4.78, 5) is 13.1. The van der Waals surface area contributed by atoms with Gasteiger partial charge in [0.1, 0.15) is 27.2 Å². The molecule has 7 nitrogen and oxygen atoms in total. The molecule has 0 radical (unpaired) electrons. The van der Waals surface area contributed by atoms with Crippen LogP contribution >= 0.6 is 11.3 Å². The number of halogens is 3. The van der Waals surface area contributed by atoms with Gasteiger partial charge in [0.2, 0.25) is 5.82 Å². The zero-order chi connectivity index (χ0) is 19.6. The molecule has 0 aliphatic carbocycles. The third-order valence-corrected chi connectivity index (χ3v) is 5.57. The Morgan fingerprint density at radius 1 is 1.21 bits per heavy atom. The largest absolute Gasteiger partial charge is 0.433 e. The highest BCUT2D eigenvalue weighted by molar-refractivity contribution is 7.26. The third-order valence-electron chi connectivity index (χ3n) is 4.50. The van der Waals surface area contributed by atoms with E-state index in [9.17, 15) is 13.2 Å². The van der Waals surface area contributed by atoms with Gasteiger partial charge >= 0.3 is 6.18 Å². The first-order valence-electron chi connectivity index (χ1n) is 8.41. The van der Waals surface area contributed by atoms with Gasteiger partial charge in [0.05, 0.1) is 5.52 Å². The topological polar surface area (TPSA) is 73.8 Å². The minimum Gasteiger partial charge on any atom is -0.262 e. The lowest BCUT2D eigenvalue weighted by Crippen LogP contribution is -2.07. The van der Waals surface area contributed by atoms with E-state index in [1.165, 1.54) is 10.8 Å². The highest BCUT2D eigenvalue weighted by Gasteiger charge is 2.33. The summed E-state index contributed by atoms with van der Waals surface area (Å²) in [5.41, 5.74) is 1.43. The van der Waals surface area contributed by atoms with Gasteiger partial charge in [0.15, 0.2) is 5.65 Å². The lowest BCUT2D eigenvalue weighted by Gasteiger charge is -2.06. The van der Waals surface area contributed by atoms with Gasteiger partial charge in [-0.2, -0.15) is 18.3 Å². The maximum atomic E-state index is 13.1. The molecular formula is C17H12F3N7S. The summed E-state index contributed by atoms with van der Waals surface area (Å²) in [7, 11) is 0. The Bertz CT molecular complexity index is 1360. The van der Waals surface area contributed by atoms with Gasteiger partial charge < -0.3 is 0 Å². The molecule has 0 aliphatic rings. The number of fused-ring (bicyclic) bond motifs is 5. The lowest BCUT2D eigenvalue weighted by atomic mass is 10.1. The highest BCUT2D eigenvalue weighted by atomic mass is 32.1. The molecule has 0 amide bonds. The van der Waals surface area contributed by atoms with Crippen LogP contribution in [-0.2, 0) is 12.7 Å². The van der Waals surface area contributed by atoms with Gasteiger partial charge in [0.25, 0.3) is 0 Å². The molecule has 28 heavy (non-hydrogen) atoms. The van der Waals surface area contributed by atoms with Crippen LogP contribution in [0.3, 0.4) is 0 Å². The SMILES string of the molecule is CCn1nccc1-c1nc2c3sc4nc(C(F)(F)F)cc(C)c4c3ncn2n1. The van der Waals surface area contributed by atoms with E-state index in [4.69, 9.17) is 0 Å². The monoisotopic (exact) mass is 403 g/mol. The lowest BCUT2D eigenvalue weighted by molar-refractivity contribution is -0.141. The van der Waals surface area contributed by atoms with Crippen molar-refractivity contribution in [2.24, 2.45) is 0 Å². The number of nitrogens with zero attached hydrogens (tertiary/aromatic N) is 7. The first-order chi connectivity index (χ1) is 13.4. The average molecular weight is 403 g/mol. The fourth-order valence-electron chi connectivity index (χ4n) is 3.24. The predicted molar refractivity (Wildman–Crippen MR) is 98.1 cm³/mol. The van der Waals surface area contributed by atoms with Crippen LogP contribution in [0.25, 0.3) is 37.6 Å². The predicted octanol–water partition coefficient (Wildman–Crippen LogP) is 4.10. The van der Waals surface area contributed by atoms with Gasteiger partial charge in [-0.05, 0) is 31.5 Å². The summed E-state index contributed by atoms with van der Waals surface area (Å²) in [5.74, 6) is 0.478. The van der Waals surface area contributed by atoms with E-state index in [0.717, 1.165) is 23.1 Å². The van der Waals surface area contributed by atoms with Gasteiger partial charge in [-0.25, -0.2) is 19.5 Å². The molecule has 5 aromatic heterocycles. The van der Waals surface area contributed by atoms with E-state index < -0.39 is 11.9 Å². The second kappa shape index (κ2) is 5.71. The van der Waals surface area contributed by atoms with Crippen LogP contribution in [0.5, 0.6) is 0 Å². The van der Waals surface area contributed by atoms with Crippen LogP contribution in [0, 0.1) is 6.92 Å². The van der Waals surface area contributed by atoms with Crippen molar-refractivity contribution in [1.82, 2.24) is 34.3 Å². The second-order valence-corrected chi connectivity index (χ2v) is 7.26. The molecule has 0 unspecified atom stereocenters. The smallest absolute Gasteiger partial charge is 0.262 e. The van der Waals surface area contributed by atoms with Crippen LogP contribution in [0.2, 0.25) is 0 Å². The summed E-state index contributed by atoms with van der Waals surface area (Å²) >= 11 is 1.14. The van der Waals surface area contributed by atoms with E-state index in [1.807, 2.05) is 13.0 Å². The number of rotatable bonds is 2. The Balaban J connectivity index is 1.80. The third kappa shape index (κ3) is 2.39. The Hall–Kier alpha value is -3.08. The van der Waals surface area contributed by atoms with Gasteiger partial charge in [-0.15, -0.1) is 16.4 Å². The summed E-state index contributed by atoms with van der Waals surface area (Å²) in [6.45, 7) is 4.26. The number of hydrogen-bond donors (Lipinski definition) is 0. The Morgan fingerprint density at radius 2 is 2.04 bits per heavy atom. The van der Waals surface area contributed by atoms with Gasteiger partial charge in [0, 0.05) is 18.1 Å². The summed E-state index contributed by atoms with van der Waals surface area (Å²) in [6.07, 6.45) is -1.31. The average Bonchev–Trinajstić information content (AvgIpc) is 3.35. The maximum absolute atomic E-state index is 13.1. The Morgan fingerprint density at radius 3 is 2.79 bits per heavy atom. The molecule has 0 aliphatic heterocycles. The zero-order valence-corrected chi connectivity index (χ0v) is 15.5. The summed E-state index contributed by atoms with van der Waals surface area (Å²) in [6, 6.07) is 2.87. The van der Waals surface area contributed by atoms with Crippen molar-refractivity contribution >= 4 is 37.4 Å². The first-order valence-corrected chi connectivity index (χ1v) is 9.23. The van der Waals surface area contributed by atoms with E-state index >= 15 is 0 Å². The highest BCUT2D eigenvalue weighted by Crippen LogP contribution is 2.38. The number of hydrogen-bond acceptors (Lipinski definition) is 6. The van der Waals surface area contributed by atoms with Crippen molar-refractivity contribution in [2.45, 2.75) is 26.6 Å². The number of aromatic nitrogens is 7. The van der Waals surface area contributed by atoms with Crippen molar-refractivity contribution in [3.05, 3.63) is 35.9 Å². The van der Waals surface area contributed by atoms with E-state index in [-0.39, 0.29) is 4.83 Å². The quantitative estimate of drug-likeness (QED) is 0.444. The number of aryl methyl sites for hydroxylation is 2. The molecule has 0 fully saturated rings. The van der Waals surface area contributed by atoms with E-state index in [2.05, 4.69) is 25.1 Å². The number of pyridine rings is 1. The van der Waals surface area contributed by atoms with Crippen LogP contribution in [0.4, 0.5) is 13.2 Å². The Labute approximate surface area is 159 Å². The van der Waals surface area contributed by atoms with Crippen LogP contribution in [-0.4, -0.2) is 34.3 Å². The normalized spacial score (nSPS) is 12.6. The standard InChI is InChI=1S/C17H12F3N7S/c1-3-26-9(4-5-22-26)14-24-15-13-12(21-7-27(15)25-14)11-8(2)6-10(17(18,19)20)23-16(11)28-13/h4-7H,3H2,1-2H3. The van der Waals surface area contributed by atoms with Crippen LogP contribution < -0.4 is 0 Å². The Kier molecular flexibility index (Phi) is 3.48. The van der Waals surface area contributed by atoms with E-state index in [0.29, 0.717) is 39.2 Å². The molecule has 0 saturated heterocycles. The van der Waals surface area contributed by atoms with Crippen LogP contribution in [0.15, 0.2) is 24.7 Å². The molecule has 0 bridgehead atoms. The van der Waals surface area contributed by atoms with Crippen LogP contribution in [0.1, 0.15) is 18.2 Å². The second-order valence-electron chi connectivity index (χ2n) is 6.26. The van der Waals surface area contributed by atoms with Crippen molar-refractivity contribution < 1.29 is 13.2 Å². The van der Waals surface area contributed by atoms with Crippen molar-refractivity contribution in [2.75, 3.05) is 0 Å². The fourth-order valence-corrected chi connectivity index (χ4v) is 4.42. The molecule has 0 N–H and O–H groups in total. The van der Waals surface area contributed by atoms with Crippen molar-refractivity contribution in [3.8, 4) is 11.5 Å². The molecule has 0 aromatic carbocycles. The number of alkyl halides is 3. The van der Waals surface area contributed by atoms with Crippen molar-refractivity contribution in [3.63, 3.8) is 0 Å². The fraction of sp³-hybridized carbons (Fsp3) is 0.235. The molecular weight excluding hydrogens is 391 g/mol. The number of thiophene rings is 1. The minimum absolute atomic E-state index is 0.283. The summed E-state index contributed by atoms with van der Waals surface area (Å²) in [5, 5.41) is 9.28. The zero-order valence-electron chi connectivity index (χ0n) is 14.7. The molecule has 5 heterocycles. The molecule has 0 spiro atoms. The first kappa shape index (κ1) is 17.0.